The van der Waals surface area contributed by atoms with E-state index in [9.17, 15) is 9.59 Å². The Labute approximate surface area is 113 Å². The van der Waals surface area contributed by atoms with Crippen molar-refractivity contribution in [2.45, 2.75) is 0 Å². The maximum absolute atomic E-state index is 11.9. The topological polar surface area (TPSA) is 79.3 Å². The highest BCUT2D eigenvalue weighted by molar-refractivity contribution is 6.30. The maximum atomic E-state index is 11.9. The van der Waals surface area contributed by atoms with Crippen LogP contribution in [0.3, 0.4) is 0 Å². The van der Waals surface area contributed by atoms with Gasteiger partial charge >= 0.3 is 5.97 Å². The van der Waals surface area contributed by atoms with E-state index >= 15 is 0 Å². The minimum atomic E-state index is -1.18. The van der Waals surface area contributed by atoms with E-state index in [1.54, 1.807) is 24.3 Å². The average molecular weight is 277 g/mol. The van der Waals surface area contributed by atoms with Gasteiger partial charge in [-0.1, -0.05) is 11.6 Å². The number of aromatic nitrogens is 1. The standard InChI is InChI=1S/C13H9ClN2O3/c14-9-1-3-10(4-2-9)16-12(17)8-5-6-15-11(7-8)13(18)19/h1-7H,(H,16,17)(H,18,19). The molecular formula is C13H9ClN2O3. The molecule has 1 heterocycles. The summed E-state index contributed by atoms with van der Waals surface area (Å²) in [6.07, 6.45) is 1.28. The van der Waals surface area contributed by atoms with E-state index in [2.05, 4.69) is 10.3 Å². The van der Waals surface area contributed by atoms with Gasteiger partial charge in [0.25, 0.3) is 5.91 Å². The monoisotopic (exact) mass is 276 g/mol. The molecule has 2 rings (SSSR count). The zero-order valence-corrected chi connectivity index (χ0v) is 10.4. The van der Waals surface area contributed by atoms with Crippen molar-refractivity contribution in [1.82, 2.24) is 4.98 Å². The summed E-state index contributed by atoms with van der Waals surface area (Å²) in [5, 5.41) is 12.0. The first-order valence-electron chi connectivity index (χ1n) is 5.32. The minimum Gasteiger partial charge on any atom is -0.477 e. The molecule has 0 aliphatic rings. The predicted octanol–water partition coefficient (Wildman–Crippen LogP) is 2.69. The average Bonchev–Trinajstić information content (AvgIpc) is 2.41. The molecule has 5 nitrogen and oxygen atoms in total. The Bertz CT molecular complexity index is 626. The van der Waals surface area contributed by atoms with E-state index in [-0.39, 0.29) is 11.3 Å². The number of benzene rings is 1. The molecule has 0 saturated heterocycles. The first-order chi connectivity index (χ1) is 9.06. The van der Waals surface area contributed by atoms with Crippen LogP contribution in [-0.4, -0.2) is 22.0 Å². The molecule has 0 atom stereocenters. The molecule has 0 radical (unpaired) electrons. The molecule has 1 amide bonds. The second-order valence-corrected chi connectivity index (χ2v) is 4.13. The van der Waals surface area contributed by atoms with Gasteiger partial charge in [-0.15, -0.1) is 0 Å². The van der Waals surface area contributed by atoms with Crippen molar-refractivity contribution >= 4 is 29.2 Å². The van der Waals surface area contributed by atoms with Gasteiger partial charge in [0.1, 0.15) is 5.69 Å². The van der Waals surface area contributed by atoms with Crippen LogP contribution in [0.25, 0.3) is 0 Å². The number of pyridine rings is 1. The molecule has 96 valence electrons. The molecule has 0 bridgehead atoms. The predicted molar refractivity (Wildman–Crippen MR) is 70.6 cm³/mol. The number of nitrogens with zero attached hydrogens (tertiary/aromatic N) is 1. The number of carboxylic acids is 1. The largest absolute Gasteiger partial charge is 0.477 e. The number of nitrogens with one attached hydrogen (secondary N) is 1. The van der Waals surface area contributed by atoms with Gasteiger partial charge in [0.2, 0.25) is 0 Å². The molecule has 2 aromatic rings. The number of amides is 1. The van der Waals surface area contributed by atoms with Gasteiger partial charge in [-0.3, -0.25) is 4.79 Å². The van der Waals surface area contributed by atoms with Crippen molar-refractivity contribution in [3.63, 3.8) is 0 Å². The van der Waals surface area contributed by atoms with E-state index in [0.29, 0.717) is 10.7 Å². The van der Waals surface area contributed by atoms with E-state index < -0.39 is 11.9 Å². The first-order valence-corrected chi connectivity index (χ1v) is 5.70. The highest BCUT2D eigenvalue weighted by atomic mass is 35.5. The number of hydrogen-bond acceptors (Lipinski definition) is 3. The Hall–Kier alpha value is -2.40. The van der Waals surface area contributed by atoms with E-state index in [1.165, 1.54) is 18.3 Å². The molecule has 0 fully saturated rings. The quantitative estimate of drug-likeness (QED) is 0.903. The van der Waals surface area contributed by atoms with Crippen molar-refractivity contribution in [1.29, 1.82) is 0 Å². The Balaban J connectivity index is 2.18. The third-order valence-electron chi connectivity index (χ3n) is 2.34. The first kappa shape index (κ1) is 13.0. The summed E-state index contributed by atoms with van der Waals surface area (Å²) in [4.78, 5) is 26.3. The summed E-state index contributed by atoms with van der Waals surface area (Å²) in [6, 6.07) is 9.25. The second kappa shape index (κ2) is 5.49. The van der Waals surface area contributed by atoms with Gasteiger partial charge in [0.05, 0.1) is 0 Å². The van der Waals surface area contributed by atoms with Crippen LogP contribution in [0.4, 0.5) is 5.69 Å². The van der Waals surface area contributed by atoms with Crippen LogP contribution in [0.2, 0.25) is 5.02 Å². The van der Waals surface area contributed by atoms with Crippen LogP contribution in [0.1, 0.15) is 20.8 Å². The van der Waals surface area contributed by atoms with E-state index in [0.717, 1.165) is 0 Å². The van der Waals surface area contributed by atoms with Gasteiger partial charge in [0, 0.05) is 22.5 Å². The van der Waals surface area contributed by atoms with Crippen molar-refractivity contribution in [2.24, 2.45) is 0 Å². The van der Waals surface area contributed by atoms with Crippen LogP contribution >= 0.6 is 11.6 Å². The van der Waals surface area contributed by atoms with Crippen LogP contribution in [0.5, 0.6) is 0 Å². The fourth-order valence-corrected chi connectivity index (χ4v) is 1.55. The number of hydrogen-bond donors (Lipinski definition) is 2. The lowest BCUT2D eigenvalue weighted by molar-refractivity contribution is 0.0690. The van der Waals surface area contributed by atoms with Gasteiger partial charge in [-0.25, -0.2) is 9.78 Å². The maximum Gasteiger partial charge on any atom is 0.354 e. The fraction of sp³-hybridized carbons (Fsp3) is 0. The molecule has 0 aliphatic heterocycles. The van der Waals surface area contributed by atoms with Crippen LogP contribution in [0, 0.1) is 0 Å². The number of rotatable bonds is 3. The van der Waals surface area contributed by atoms with Crippen molar-refractivity contribution in [2.75, 3.05) is 5.32 Å². The third kappa shape index (κ3) is 3.29. The summed E-state index contributed by atoms with van der Waals surface area (Å²) in [7, 11) is 0. The number of carboxylic acid groups (broad SMARTS) is 1. The molecule has 0 spiro atoms. The van der Waals surface area contributed by atoms with Gasteiger partial charge < -0.3 is 10.4 Å². The molecule has 1 aromatic heterocycles. The lowest BCUT2D eigenvalue weighted by Gasteiger charge is -2.05. The highest BCUT2D eigenvalue weighted by Gasteiger charge is 2.10. The van der Waals surface area contributed by atoms with Gasteiger partial charge in [-0.05, 0) is 36.4 Å². The smallest absolute Gasteiger partial charge is 0.354 e. The lowest BCUT2D eigenvalue weighted by Crippen LogP contribution is -2.13. The normalized spacial score (nSPS) is 9.95. The van der Waals surface area contributed by atoms with Gasteiger partial charge in [-0.2, -0.15) is 0 Å². The van der Waals surface area contributed by atoms with Crippen LogP contribution in [0.15, 0.2) is 42.6 Å². The highest BCUT2D eigenvalue weighted by Crippen LogP contribution is 2.14. The zero-order chi connectivity index (χ0) is 13.8. The minimum absolute atomic E-state index is 0.177. The molecule has 0 unspecified atom stereocenters. The number of aromatic carboxylic acids is 1. The molecule has 0 aliphatic carbocycles. The molecule has 2 N–H and O–H groups in total. The SMILES string of the molecule is O=C(Nc1ccc(Cl)cc1)c1ccnc(C(=O)O)c1. The fourth-order valence-electron chi connectivity index (χ4n) is 1.43. The molecule has 19 heavy (non-hydrogen) atoms. The van der Waals surface area contributed by atoms with E-state index in [4.69, 9.17) is 16.7 Å². The van der Waals surface area contributed by atoms with Crippen molar-refractivity contribution in [3.8, 4) is 0 Å². The summed E-state index contributed by atoms with van der Waals surface area (Å²) >= 11 is 5.73. The lowest BCUT2D eigenvalue weighted by atomic mass is 10.2. The van der Waals surface area contributed by atoms with Crippen LogP contribution < -0.4 is 5.32 Å². The van der Waals surface area contributed by atoms with Crippen molar-refractivity contribution in [3.05, 3.63) is 58.9 Å². The number of anilines is 1. The third-order valence-corrected chi connectivity index (χ3v) is 2.60. The second-order valence-electron chi connectivity index (χ2n) is 3.70. The Morgan fingerprint density at radius 3 is 2.47 bits per heavy atom. The van der Waals surface area contributed by atoms with Crippen molar-refractivity contribution < 1.29 is 14.7 Å². The Morgan fingerprint density at radius 1 is 1.16 bits per heavy atom. The molecule has 0 saturated carbocycles. The Kier molecular flexibility index (Phi) is 3.77. The Morgan fingerprint density at radius 2 is 1.84 bits per heavy atom. The number of halogens is 1. The van der Waals surface area contributed by atoms with Gasteiger partial charge in [0.15, 0.2) is 0 Å². The molecule has 6 heteroatoms. The zero-order valence-electron chi connectivity index (χ0n) is 9.63. The number of carbonyl (C=O) groups is 2. The van der Waals surface area contributed by atoms with E-state index in [1.807, 2.05) is 0 Å². The molecular weight excluding hydrogens is 268 g/mol. The summed E-state index contributed by atoms with van der Waals surface area (Å²) in [5.74, 6) is -1.59. The molecule has 1 aromatic carbocycles. The summed E-state index contributed by atoms with van der Waals surface area (Å²) in [5.41, 5.74) is 0.620. The number of carbonyl (C=O) groups excluding carboxylic acids is 1. The summed E-state index contributed by atoms with van der Waals surface area (Å²) < 4.78 is 0. The summed E-state index contributed by atoms with van der Waals surface area (Å²) in [6.45, 7) is 0. The van der Waals surface area contributed by atoms with Crippen LogP contribution in [-0.2, 0) is 0 Å².